The third kappa shape index (κ3) is 2.21. The summed E-state index contributed by atoms with van der Waals surface area (Å²) in [4.78, 5) is 12.8. The number of phenols is 1. The van der Waals surface area contributed by atoms with Crippen molar-refractivity contribution in [2.24, 2.45) is 5.41 Å². The van der Waals surface area contributed by atoms with Gasteiger partial charge in [0.15, 0.2) is 0 Å². The minimum atomic E-state index is -1.05. The fraction of sp³-hybridized carbons (Fsp3) is 0.533. The summed E-state index contributed by atoms with van der Waals surface area (Å²) in [6, 6.07) is 1.97. The van der Waals surface area contributed by atoms with Crippen LogP contribution in [0.15, 0.2) is 12.1 Å². The quantitative estimate of drug-likeness (QED) is 0.762. The van der Waals surface area contributed by atoms with Gasteiger partial charge in [0.2, 0.25) is 0 Å². The molecule has 2 atom stereocenters. The monoisotopic (exact) mass is 281 g/mol. The van der Waals surface area contributed by atoms with Crippen molar-refractivity contribution in [2.75, 3.05) is 6.54 Å². The Kier molecular flexibility index (Phi) is 3.40. The third-order valence-electron chi connectivity index (χ3n) is 3.83. The standard InChI is InChI=1S/C15H20FNO3/c1-8-7-17(14(19)20)13(15(2,3)4)12-10(18)6-5-9(16)11(8)12/h5-6,8,13,18H,7H2,1-4H3,(H,19,20). The molecule has 2 N–H and O–H groups in total. The molecular weight excluding hydrogens is 261 g/mol. The van der Waals surface area contributed by atoms with Gasteiger partial charge in [0.1, 0.15) is 11.6 Å². The lowest BCUT2D eigenvalue weighted by Gasteiger charge is -2.45. The Hall–Kier alpha value is -1.78. The van der Waals surface area contributed by atoms with Gasteiger partial charge in [-0.05, 0) is 17.5 Å². The van der Waals surface area contributed by atoms with Gasteiger partial charge < -0.3 is 15.1 Å². The van der Waals surface area contributed by atoms with Gasteiger partial charge in [-0.3, -0.25) is 0 Å². The zero-order chi connectivity index (χ0) is 15.2. The van der Waals surface area contributed by atoms with Crippen molar-refractivity contribution in [2.45, 2.75) is 39.7 Å². The number of aromatic hydroxyl groups is 1. The van der Waals surface area contributed by atoms with E-state index in [-0.39, 0.29) is 24.0 Å². The molecule has 2 rings (SSSR count). The third-order valence-corrected chi connectivity index (χ3v) is 3.83. The van der Waals surface area contributed by atoms with Crippen LogP contribution in [0.5, 0.6) is 5.75 Å². The molecule has 0 saturated heterocycles. The van der Waals surface area contributed by atoms with E-state index in [2.05, 4.69) is 0 Å². The molecule has 1 aliphatic heterocycles. The average molecular weight is 281 g/mol. The molecule has 0 aliphatic carbocycles. The summed E-state index contributed by atoms with van der Waals surface area (Å²) < 4.78 is 14.1. The Morgan fingerprint density at radius 2 is 1.95 bits per heavy atom. The van der Waals surface area contributed by atoms with Crippen molar-refractivity contribution in [3.63, 3.8) is 0 Å². The number of hydrogen-bond donors (Lipinski definition) is 2. The number of fused-ring (bicyclic) bond motifs is 1. The maximum atomic E-state index is 14.1. The fourth-order valence-corrected chi connectivity index (χ4v) is 3.12. The van der Waals surface area contributed by atoms with Gasteiger partial charge in [-0.2, -0.15) is 0 Å². The van der Waals surface area contributed by atoms with E-state index in [1.165, 1.54) is 17.0 Å². The van der Waals surface area contributed by atoms with Gasteiger partial charge in [0, 0.05) is 23.6 Å². The fourth-order valence-electron chi connectivity index (χ4n) is 3.12. The van der Waals surface area contributed by atoms with Gasteiger partial charge in [-0.1, -0.05) is 27.7 Å². The van der Waals surface area contributed by atoms with Crippen molar-refractivity contribution in [3.05, 3.63) is 29.1 Å². The predicted molar refractivity (Wildman–Crippen MR) is 73.4 cm³/mol. The van der Waals surface area contributed by atoms with E-state index < -0.39 is 17.6 Å². The second-order valence-corrected chi connectivity index (χ2v) is 6.50. The molecule has 0 aromatic heterocycles. The van der Waals surface area contributed by atoms with Crippen molar-refractivity contribution in [1.82, 2.24) is 4.90 Å². The van der Waals surface area contributed by atoms with Gasteiger partial charge in [0.05, 0.1) is 6.04 Å². The molecule has 2 unspecified atom stereocenters. The van der Waals surface area contributed by atoms with Crippen molar-refractivity contribution in [3.8, 4) is 5.75 Å². The van der Waals surface area contributed by atoms with Crippen molar-refractivity contribution in [1.29, 1.82) is 0 Å². The SMILES string of the molecule is CC1CN(C(=O)O)C(C(C)(C)C)c2c(O)ccc(F)c21. The summed E-state index contributed by atoms with van der Waals surface area (Å²) in [6.07, 6.45) is -1.05. The van der Waals surface area contributed by atoms with Crippen LogP contribution in [0, 0.1) is 11.2 Å². The number of carboxylic acid groups (broad SMARTS) is 1. The number of benzene rings is 1. The summed E-state index contributed by atoms with van der Waals surface area (Å²) >= 11 is 0. The second kappa shape index (κ2) is 4.65. The summed E-state index contributed by atoms with van der Waals surface area (Å²) in [5.74, 6) is -0.712. The van der Waals surface area contributed by atoms with Crippen LogP contribution in [0.1, 0.15) is 50.8 Å². The first-order chi connectivity index (χ1) is 9.14. The lowest BCUT2D eigenvalue weighted by Crippen LogP contribution is -2.46. The molecule has 110 valence electrons. The molecule has 1 amide bonds. The van der Waals surface area contributed by atoms with Gasteiger partial charge in [-0.25, -0.2) is 9.18 Å². The molecule has 0 radical (unpaired) electrons. The Labute approximate surface area is 117 Å². The van der Waals surface area contributed by atoms with Crippen LogP contribution in [0.2, 0.25) is 0 Å². The topological polar surface area (TPSA) is 60.8 Å². The van der Waals surface area contributed by atoms with Crippen molar-refractivity contribution >= 4 is 6.09 Å². The highest BCUT2D eigenvalue weighted by atomic mass is 19.1. The number of hydrogen-bond acceptors (Lipinski definition) is 2. The Morgan fingerprint density at radius 1 is 1.35 bits per heavy atom. The normalized spacial score (nSPS) is 22.6. The first-order valence-corrected chi connectivity index (χ1v) is 6.65. The number of rotatable bonds is 0. The molecule has 1 heterocycles. The Balaban J connectivity index is 2.73. The van der Waals surface area contributed by atoms with Gasteiger partial charge >= 0.3 is 6.09 Å². The van der Waals surface area contributed by atoms with E-state index in [4.69, 9.17) is 0 Å². The molecule has 1 aliphatic rings. The Morgan fingerprint density at radius 3 is 2.45 bits per heavy atom. The number of amides is 1. The van der Waals surface area contributed by atoms with E-state index in [9.17, 15) is 19.4 Å². The van der Waals surface area contributed by atoms with Gasteiger partial charge in [-0.15, -0.1) is 0 Å². The maximum Gasteiger partial charge on any atom is 0.407 e. The summed E-state index contributed by atoms with van der Waals surface area (Å²) in [5, 5.41) is 19.6. The van der Waals surface area contributed by atoms with Crippen LogP contribution in [0.4, 0.5) is 9.18 Å². The summed E-state index contributed by atoms with van der Waals surface area (Å²) in [5.41, 5.74) is 0.388. The Bertz CT molecular complexity index is 551. The molecule has 0 bridgehead atoms. The largest absolute Gasteiger partial charge is 0.508 e. The zero-order valence-electron chi connectivity index (χ0n) is 12.1. The first-order valence-electron chi connectivity index (χ1n) is 6.65. The lowest BCUT2D eigenvalue weighted by molar-refractivity contribution is 0.0681. The molecule has 1 aromatic rings. The number of phenolic OH excluding ortho intramolecular Hbond substituents is 1. The minimum Gasteiger partial charge on any atom is -0.508 e. The van der Waals surface area contributed by atoms with Crippen LogP contribution in [0.25, 0.3) is 0 Å². The molecule has 0 fully saturated rings. The lowest BCUT2D eigenvalue weighted by atomic mass is 9.74. The number of nitrogens with zero attached hydrogens (tertiary/aromatic N) is 1. The van der Waals surface area contributed by atoms with Crippen LogP contribution in [-0.4, -0.2) is 27.8 Å². The summed E-state index contributed by atoms with van der Waals surface area (Å²) in [6.45, 7) is 7.66. The van der Waals surface area contributed by atoms with Gasteiger partial charge in [0.25, 0.3) is 0 Å². The predicted octanol–water partition coefficient (Wildman–Crippen LogP) is 3.72. The second-order valence-electron chi connectivity index (χ2n) is 6.50. The van der Waals surface area contributed by atoms with Crippen LogP contribution in [-0.2, 0) is 0 Å². The first kappa shape index (κ1) is 14.6. The molecule has 1 aromatic carbocycles. The highest BCUT2D eigenvalue weighted by Crippen LogP contribution is 2.49. The zero-order valence-corrected chi connectivity index (χ0v) is 12.1. The molecule has 4 nitrogen and oxygen atoms in total. The molecular formula is C15H20FNO3. The van der Waals surface area contributed by atoms with E-state index in [1.54, 1.807) is 6.92 Å². The van der Waals surface area contributed by atoms with E-state index in [1.807, 2.05) is 20.8 Å². The number of halogens is 1. The smallest absolute Gasteiger partial charge is 0.407 e. The van der Waals surface area contributed by atoms with E-state index in [0.29, 0.717) is 11.1 Å². The summed E-state index contributed by atoms with van der Waals surface area (Å²) in [7, 11) is 0. The highest BCUT2D eigenvalue weighted by Gasteiger charge is 2.43. The van der Waals surface area contributed by atoms with E-state index in [0.717, 1.165) is 0 Å². The molecule has 0 spiro atoms. The van der Waals surface area contributed by atoms with Crippen LogP contribution >= 0.6 is 0 Å². The minimum absolute atomic E-state index is 0.0425. The average Bonchev–Trinajstić information content (AvgIpc) is 2.31. The highest BCUT2D eigenvalue weighted by molar-refractivity contribution is 5.68. The molecule has 5 heteroatoms. The molecule has 0 saturated carbocycles. The maximum absolute atomic E-state index is 14.1. The van der Waals surface area contributed by atoms with E-state index >= 15 is 0 Å². The van der Waals surface area contributed by atoms with Crippen LogP contribution in [0.3, 0.4) is 0 Å². The molecule has 20 heavy (non-hydrogen) atoms. The number of carbonyl (C=O) groups is 1. The van der Waals surface area contributed by atoms with Crippen LogP contribution < -0.4 is 0 Å². The van der Waals surface area contributed by atoms with Crippen molar-refractivity contribution < 1.29 is 19.4 Å².